The van der Waals surface area contributed by atoms with Gasteiger partial charge in [-0.1, -0.05) is 140 Å². The van der Waals surface area contributed by atoms with Crippen molar-refractivity contribution in [1.29, 1.82) is 0 Å². The molecule has 0 bridgehead atoms. The molecule has 5 nitrogen and oxygen atoms in total. The Kier molecular flexibility index (Phi) is 34.1. The second kappa shape index (κ2) is 35.6. The summed E-state index contributed by atoms with van der Waals surface area (Å²) in [5.74, 6) is -0.617. The molecule has 0 saturated heterocycles. The van der Waals surface area contributed by atoms with Crippen LogP contribution in [0.5, 0.6) is 0 Å². The molecule has 1 N–H and O–H groups in total. The Bertz CT molecular complexity index is 711. The molecule has 0 rings (SSSR count). The van der Waals surface area contributed by atoms with Crippen LogP contribution in [0.25, 0.3) is 0 Å². The van der Waals surface area contributed by atoms with Gasteiger partial charge in [-0.2, -0.15) is 0 Å². The van der Waals surface area contributed by atoms with Crippen molar-refractivity contribution in [2.75, 3.05) is 13.2 Å². The van der Waals surface area contributed by atoms with E-state index in [1.165, 1.54) is 89.9 Å². The Hall–Kier alpha value is -1.88. The van der Waals surface area contributed by atoms with Crippen LogP contribution in [0.2, 0.25) is 0 Å². The van der Waals surface area contributed by atoms with Gasteiger partial charge >= 0.3 is 11.9 Å². The van der Waals surface area contributed by atoms with Gasteiger partial charge in [-0.3, -0.25) is 9.59 Å². The predicted molar refractivity (Wildman–Crippen MR) is 187 cm³/mol. The van der Waals surface area contributed by atoms with E-state index in [4.69, 9.17) is 9.47 Å². The van der Waals surface area contributed by atoms with Crippen LogP contribution < -0.4 is 0 Å². The molecule has 0 saturated carbocycles. The summed E-state index contributed by atoms with van der Waals surface area (Å²) in [5.41, 5.74) is 0. The number of aliphatic hydroxyl groups is 1. The number of unbranched alkanes of at least 4 members (excludes halogenated alkanes) is 19. The first-order valence-corrected chi connectivity index (χ1v) is 18.5. The first kappa shape index (κ1) is 42.1. The van der Waals surface area contributed by atoms with Gasteiger partial charge in [0.2, 0.25) is 0 Å². The van der Waals surface area contributed by atoms with E-state index in [1.54, 1.807) is 0 Å². The van der Waals surface area contributed by atoms with E-state index in [0.717, 1.165) is 64.2 Å². The van der Waals surface area contributed by atoms with Crippen LogP contribution >= 0.6 is 0 Å². The quantitative estimate of drug-likeness (QED) is 0.0450. The smallest absolute Gasteiger partial charge is 0.306 e. The zero-order valence-electron chi connectivity index (χ0n) is 28.9. The summed E-state index contributed by atoms with van der Waals surface area (Å²) >= 11 is 0. The molecule has 256 valence electrons. The summed E-state index contributed by atoms with van der Waals surface area (Å²) in [4.78, 5) is 24.2. The van der Waals surface area contributed by atoms with Crippen molar-refractivity contribution < 1.29 is 24.2 Å². The second-order valence-electron chi connectivity index (χ2n) is 12.3. The number of rotatable bonds is 33. The molecule has 0 aliphatic rings. The first-order valence-electron chi connectivity index (χ1n) is 18.5. The van der Waals surface area contributed by atoms with Gasteiger partial charge in [-0.15, -0.1) is 0 Å². The molecule has 0 aromatic heterocycles. The minimum atomic E-state index is -0.779. The van der Waals surface area contributed by atoms with E-state index in [1.807, 2.05) is 0 Å². The molecule has 0 aliphatic carbocycles. The second-order valence-corrected chi connectivity index (χ2v) is 12.3. The van der Waals surface area contributed by atoms with Crippen LogP contribution in [0, 0.1) is 0 Å². The van der Waals surface area contributed by atoms with Crippen molar-refractivity contribution in [3.8, 4) is 0 Å². The average molecular weight is 619 g/mol. The molecule has 0 spiro atoms. The Morgan fingerprint density at radius 2 is 0.932 bits per heavy atom. The molecule has 0 aromatic rings. The van der Waals surface area contributed by atoms with Gasteiger partial charge in [-0.05, 0) is 64.2 Å². The fourth-order valence-electron chi connectivity index (χ4n) is 5.03. The van der Waals surface area contributed by atoms with Gasteiger partial charge in [0.05, 0.1) is 6.61 Å². The van der Waals surface area contributed by atoms with Gasteiger partial charge in [-0.25, -0.2) is 0 Å². The van der Waals surface area contributed by atoms with Crippen molar-refractivity contribution in [2.45, 2.75) is 187 Å². The van der Waals surface area contributed by atoms with Crippen LogP contribution in [0.3, 0.4) is 0 Å². The lowest BCUT2D eigenvalue weighted by Gasteiger charge is -2.15. The normalized spacial score (nSPS) is 12.5. The number of carbonyl (C=O) groups excluding carboxylic acids is 2. The minimum absolute atomic E-state index is 0.0751. The summed E-state index contributed by atoms with van der Waals surface area (Å²) in [6, 6.07) is 0. The lowest BCUT2D eigenvalue weighted by Crippen LogP contribution is -2.28. The van der Waals surface area contributed by atoms with Crippen molar-refractivity contribution in [3.63, 3.8) is 0 Å². The standard InChI is InChI=1S/C39H70O5/c1-3-5-7-9-11-13-15-17-19-20-22-23-25-27-29-31-33-38(41)43-36-37(35-40)44-39(42)34-32-30-28-26-24-21-18-16-14-12-10-8-6-4-2/h10,12,16,18-20,37,40H,3-9,11,13-15,17,21-36H2,1-2H3/b12-10-,18-16-,20-19-. The molecule has 5 heteroatoms. The number of esters is 2. The van der Waals surface area contributed by atoms with E-state index in [2.05, 4.69) is 50.3 Å². The third kappa shape index (κ3) is 33.0. The Morgan fingerprint density at radius 3 is 1.43 bits per heavy atom. The molecule has 0 aromatic carbocycles. The van der Waals surface area contributed by atoms with Gasteiger partial charge in [0.15, 0.2) is 6.10 Å². The van der Waals surface area contributed by atoms with Gasteiger partial charge in [0.1, 0.15) is 6.61 Å². The molecule has 0 fully saturated rings. The fourth-order valence-corrected chi connectivity index (χ4v) is 5.03. The van der Waals surface area contributed by atoms with E-state index in [0.29, 0.717) is 12.8 Å². The topological polar surface area (TPSA) is 72.8 Å². The predicted octanol–water partition coefficient (Wildman–Crippen LogP) is 11.3. The van der Waals surface area contributed by atoms with E-state index < -0.39 is 6.10 Å². The third-order valence-corrected chi connectivity index (χ3v) is 7.91. The van der Waals surface area contributed by atoms with Gasteiger partial charge in [0.25, 0.3) is 0 Å². The summed E-state index contributed by atoms with van der Waals surface area (Å²) < 4.78 is 10.6. The Labute approximate surface area is 272 Å². The SMILES string of the molecule is CCCC/C=C\C/C=C\CCCCCCCC(=O)OC(CO)COC(=O)CCCCCCC/C=C\CCCCCCCCC. The number of hydrogen-bond acceptors (Lipinski definition) is 5. The number of allylic oxidation sites excluding steroid dienone is 6. The number of ether oxygens (including phenoxy) is 2. The van der Waals surface area contributed by atoms with Crippen LogP contribution in [-0.2, 0) is 19.1 Å². The molecule has 0 heterocycles. The maximum Gasteiger partial charge on any atom is 0.306 e. The average Bonchev–Trinajstić information content (AvgIpc) is 3.02. The summed E-state index contributed by atoms with van der Waals surface area (Å²) in [7, 11) is 0. The maximum atomic E-state index is 12.1. The highest BCUT2D eigenvalue weighted by molar-refractivity contribution is 5.70. The number of carbonyl (C=O) groups is 2. The molecular weight excluding hydrogens is 548 g/mol. The van der Waals surface area contributed by atoms with Crippen LogP contribution in [-0.4, -0.2) is 36.4 Å². The van der Waals surface area contributed by atoms with Crippen LogP contribution in [0.4, 0.5) is 0 Å². The Balaban J connectivity index is 3.60. The van der Waals surface area contributed by atoms with Crippen molar-refractivity contribution in [3.05, 3.63) is 36.5 Å². The minimum Gasteiger partial charge on any atom is -0.462 e. The lowest BCUT2D eigenvalue weighted by atomic mass is 10.1. The molecule has 0 amide bonds. The molecular formula is C39H70O5. The zero-order valence-corrected chi connectivity index (χ0v) is 28.9. The van der Waals surface area contributed by atoms with Crippen molar-refractivity contribution in [1.82, 2.24) is 0 Å². The van der Waals surface area contributed by atoms with Crippen molar-refractivity contribution in [2.24, 2.45) is 0 Å². The highest BCUT2D eigenvalue weighted by Gasteiger charge is 2.16. The van der Waals surface area contributed by atoms with E-state index in [9.17, 15) is 14.7 Å². The molecule has 0 aliphatic heterocycles. The molecule has 1 atom stereocenters. The highest BCUT2D eigenvalue weighted by Crippen LogP contribution is 2.12. The summed E-state index contributed by atoms with van der Waals surface area (Å²) in [6.45, 7) is 4.07. The monoisotopic (exact) mass is 619 g/mol. The van der Waals surface area contributed by atoms with Crippen LogP contribution in [0.1, 0.15) is 181 Å². The van der Waals surface area contributed by atoms with Gasteiger partial charge < -0.3 is 14.6 Å². The first-order chi connectivity index (χ1) is 21.6. The van der Waals surface area contributed by atoms with E-state index in [-0.39, 0.29) is 25.2 Å². The Morgan fingerprint density at radius 1 is 0.523 bits per heavy atom. The fraction of sp³-hybridized carbons (Fsp3) is 0.795. The number of aliphatic hydroxyl groups excluding tert-OH is 1. The summed E-state index contributed by atoms with van der Waals surface area (Å²) in [6.07, 6.45) is 42.0. The largest absolute Gasteiger partial charge is 0.462 e. The molecule has 1 unspecified atom stereocenters. The van der Waals surface area contributed by atoms with Crippen LogP contribution in [0.15, 0.2) is 36.5 Å². The van der Waals surface area contributed by atoms with Crippen molar-refractivity contribution >= 4 is 11.9 Å². The zero-order chi connectivity index (χ0) is 32.2. The third-order valence-electron chi connectivity index (χ3n) is 7.91. The maximum absolute atomic E-state index is 12.1. The highest BCUT2D eigenvalue weighted by atomic mass is 16.6. The van der Waals surface area contributed by atoms with Gasteiger partial charge in [0, 0.05) is 12.8 Å². The molecule has 44 heavy (non-hydrogen) atoms. The molecule has 0 radical (unpaired) electrons. The lowest BCUT2D eigenvalue weighted by molar-refractivity contribution is -0.161. The number of hydrogen-bond donors (Lipinski definition) is 1. The summed E-state index contributed by atoms with van der Waals surface area (Å²) in [5, 5.41) is 9.52. The van der Waals surface area contributed by atoms with E-state index >= 15 is 0 Å².